The van der Waals surface area contributed by atoms with Gasteiger partial charge in [-0.1, -0.05) is 11.6 Å². The average molecular weight is 613 g/mol. The predicted octanol–water partition coefficient (Wildman–Crippen LogP) is 3.63. The Kier molecular flexibility index (Phi) is 9.23. The fourth-order valence-electron chi connectivity index (χ4n) is 5.06. The molecule has 4 atom stereocenters. The minimum atomic E-state index is -1.52. The van der Waals surface area contributed by atoms with Crippen LogP contribution in [0.4, 0.5) is 10.5 Å². The SMILES string of the molecule is COC1[C@H](OC(N)=O)[C@H](O)C(Oc2ccc3c(O)c(NC(=O)c4ccc(O)c(CC=C(C)C)c4)c(=O)oc3c2C)OC1(C)C. The van der Waals surface area contributed by atoms with Crippen LogP contribution in [0, 0.1) is 6.92 Å². The number of methoxy groups -OCH3 is 1. The molecule has 4 rings (SSSR count). The van der Waals surface area contributed by atoms with Crippen molar-refractivity contribution in [1.82, 2.24) is 0 Å². The molecule has 6 N–H and O–H groups in total. The summed E-state index contributed by atoms with van der Waals surface area (Å²) in [7, 11) is 1.37. The summed E-state index contributed by atoms with van der Waals surface area (Å²) in [6.07, 6.45) is -3.81. The Morgan fingerprint density at radius 1 is 1.16 bits per heavy atom. The lowest BCUT2D eigenvalue weighted by atomic mass is 9.89. The summed E-state index contributed by atoms with van der Waals surface area (Å²) >= 11 is 0. The molecule has 1 aliphatic rings. The van der Waals surface area contributed by atoms with Gasteiger partial charge in [0, 0.05) is 18.2 Å². The number of nitrogens with two attached hydrogens (primary N) is 1. The molecule has 0 bridgehead atoms. The maximum atomic E-state index is 13.0. The number of benzene rings is 2. The fraction of sp³-hybridized carbons (Fsp3) is 0.387. The van der Waals surface area contributed by atoms with Gasteiger partial charge in [0.25, 0.3) is 5.91 Å². The number of hydrogen-bond donors (Lipinski definition) is 5. The first-order valence-corrected chi connectivity index (χ1v) is 13.7. The summed E-state index contributed by atoms with van der Waals surface area (Å²) in [6, 6.07) is 7.12. The van der Waals surface area contributed by atoms with Gasteiger partial charge in [0.2, 0.25) is 6.29 Å². The number of aryl methyl sites for hydroxylation is 1. The number of anilines is 1. The topological polar surface area (TPSA) is 200 Å². The third kappa shape index (κ3) is 6.49. The molecule has 13 heteroatoms. The van der Waals surface area contributed by atoms with E-state index in [4.69, 9.17) is 29.1 Å². The predicted molar refractivity (Wildman–Crippen MR) is 159 cm³/mol. The Balaban J connectivity index is 1.63. The molecule has 236 valence electrons. The van der Waals surface area contributed by atoms with E-state index in [0.29, 0.717) is 12.0 Å². The second-order valence-corrected chi connectivity index (χ2v) is 11.2. The molecule has 0 saturated carbocycles. The molecular weight excluding hydrogens is 576 g/mol. The van der Waals surface area contributed by atoms with Gasteiger partial charge in [-0.05, 0) is 76.9 Å². The van der Waals surface area contributed by atoms with E-state index in [1.54, 1.807) is 20.8 Å². The second-order valence-electron chi connectivity index (χ2n) is 11.2. The van der Waals surface area contributed by atoms with Gasteiger partial charge >= 0.3 is 11.7 Å². The van der Waals surface area contributed by atoms with Crippen molar-refractivity contribution in [2.24, 2.45) is 5.73 Å². The monoisotopic (exact) mass is 612 g/mol. The van der Waals surface area contributed by atoms with Gasteiger partial charge in [0.15, 0.2) is 23.6 Å². The zero-order valence-corrected chi connectivity index (χ0v) is 25.2. The van der Waals surface area contributed by atoms with Crippen molar-refractivity contribution in [3.63, 3.8) is 0 Å². The van der Waals surface area contributed by atoms with Crippen molar-refractivity contribution in [3.8, 4) is 17.2 Å². The highest BCUT2D eigenvalue weighted by molar-refractivity contribution is 6.06. The zero-order valence-electron chi connectivity index (χ0n) is 25.2. The van der Waals surface area contributed by atoms with E-state index < -0.39 is 59.3 Å². The summed E-state index contributed by atoms with van der Waals surface area (Å²) < 4.78 is 27.9. The number of phenolic OH excluding ortho intramolecular Hbond substituents is 1. The number of aliphatic hydroxyl groups excluding tert-OH is 1. The standard InChI is InChI=1S/C31H36N2O11/c1-14(2)7-8-16-13-17(9-11-19(16)34)27(37)33-21-22(35)18-10-12-20(15(3)24(18)42-28(21)38)41-29-23(36)25(43-30(32)39)26(40-6)31(4,5)44-29/h7,9-13,23,25-26,29,34-36H,8H2,1-6H3,(H2,32,39)(H,33,37)/t23-,25+,26?,29?/m0/s1. The number of phenols is 1. The highest BCUT2D eigenvalue weighted by Gasteiger charge is 2.53. The van der Waals surface area contributed by atoms with Gasteiger partial charge in [-0.2, -0.15) is 0 Å². The molecule has 0 radical (unpaired) electrons. The highest BCUT2D eigenvalue weighted by Crippen LogP contribution is 2.38. The number of aromatic hydroxyl groups is 2. The zero-order chi connectivity index (χ0) is 32.5. The quantitative estimate of drug-likeness (QED) is 0.184. The van der Waals surface area contributed by atoms with Crippen LogP contribution in [-0.2, 0) is 20.6 Å². The summed E-state index contributed by atoms with van der Waals surface area (Å²) in [5.41, 5.74) is 4.54. The third-order valence-corrected chi connectivity index (χ3v) is 7.33. The van der Waals surface area contributed by atoms with Crippen molar-refractivity contribution in [3.05, 3.63) is 69.1 Å². The molecule has 13 nitrogen and oxygen atoms in total. The highest BCUT2D eigenvalue weighted by atomic mass is 16.7. The van der Waals surface area contributed by atoms with E-state index in [-0.39, 0.29) is 33.6 Å². The number of hydrogen-bond acceptors (Lipinski definition) is 11. The summed E-state index contributed by atoms with van der Waals surface area (Å²) in [5, 5.41) is 34.6. The molecule has 2 unspecified atom stereocenters. The van der Waals surface area contributed by atoms with Gasteiger partial charge in [0.05, 0.1) is 11.0 Å². The molecule has 1 saturated heterocycles. The van der Waals surface area contributed by atoms with Gasteiger partial charge < -0.3 is 49.7 Å². The first-order valence-electron chi connectivity index (χ1n) is 13.7. The fourth-order valence-corrected chi connectivity index (χ4v) is 5.06. The minimum Gasteiger partial charge on any atom is -0.508 e. The lowest BCUT2D eigenvalue weighted by Gasteiger charge is -2.47. The van der Waals surface area contributed by atoms with Gasteiger partial charge in [-0.15, -0.1) is 0 Å². The van der Waals surface area contributed by atoms with Gasteiger partial charge in [0.1, 0.15) is 23.2 Å². The number of carbonyl (C=O) groups excluding carboxylic acids is 2. The Morgan fingerprint density at radius 2 is 1.86 bits per heavy atom. The Bertz CT molecular complexity index is 1670. The van der Waals surface area contributed by atoms with E-state index in [1.807, 2.05) is 19.9 Å². The Labute approximate surface area is 252 Å². The molecule has 2 heterocycles. The largest absolute Gasteiger partial charge is 0.508 e. The van der Waals surface area contributed by atoms with Crippen molar-refractivity contribution in [1.29, 1.82) is 0 Å². The number of ether oxygens (including phenoxy) is 4. The van der Waals surface area contributed by atoms with Crippen LogP contribution < -0.4 is 21.4 Å². The van der Waals surface area contributed by atoms with Gasteiger partial charge in [-0.25, -0.2) is 9.59 Å². The van der Waals surface area contributed by atoms with Gasteiger partial charge in [-0.3, -0.25) is 4.79 Å². The Morgan fingerprint density at radius 3 is 2.50 bits per heavy atom. The number of allylic oxidation sites excluding steroid dienone is 2. The molecule has 0 aliphatic carbocycles. The molecule has 2 amide bonds. The molecule has 1 fully saturated rings. The number of fused-ring (bicyclic) bond motifs is 1. The molecule has 1 aliphatic heterocycles. The molecule has 3 aromatic rings. The number of nitrogens with one attached hydrogen (secondary N) is 1. The van der Waals surface area contributed by atoms with Crippen molar-refractivity contribution >= 4 is 28.7 Å². The van der Waals surface area contributed by atoms with Crippen molar-refractivity contribution in [2.75, 3.05) is 12.4 Å². The lowest BCUT2D eigenvalue weighted by Crippen LogP contribution is -2.65. The second kappa shape index (κ2) is 12.6. The lowest BCUT2D eigenvalue weighted by molar-refractivity contribution is -0.304. The number of aliphatic hydroxyl groups is 1. The summed E-state index contributed by atoms with van der Waals surface area (Å²) in [5.74, 6) is -1.09. The van der Waals surface area contributed by atoms with E-state index in [2.05, 4.69) is 5.32 Å². The average Bonchev–Trinajstić information content (AvgIpc) is 2.94. The van der Waals surface area contributed by atoms with E-state index in [9.17, 15) is 29.7 Å². The van der Waals surface area contributed by atoms with Crippen LogP contribution in [0.25, 0.3) is 11.0 Å². The van der Waals surface area contributed by atoms with E-state index in [1.165, 1.54) is 37.4 Å². The maximum Gasteiger partial charge on any atom is 0.404 e. The smallest absolute Gasteiger partial charge is 0.404 e. The number of carbonyl (C=O) groups is 2. The number of amides is 2. The molecule has 1 aromatic heterocycles. The van der Waals surface area contributed by atoms with Crippen LogP contribution in [0.5, 0.6) is 17.2 Å². The summed E-state index contributed by atoms with van der Waals surface area (Å²) in [6.45, 7) is 8.69. The maximum absolute atomic E-state index is 13.0. The third-order valence-electron chi connectivity index (χ3n) is 7.33. The molecule has 0 spiro atoms. The van der Waals surface area contributed by atoms with E-state index in [0.717, 1.165) is 5.57 Å². The van der Waals surface area contributed by atoms with Crippen LogP contribution in [0.1, 0.15) is 49.2 Å². The Hall–Kier alpha value is -4.59. The molecular formula is C31H36N2O11. The minimum absolute atomic E-state index is 0.0183. The number of primary amides is 1. The van der Waals surface area contributed by atoms with Crippen molar-refractivity contribution < 1.29 is 48.3 Å². The normalized spacial score (nSPS) is 21.0. The first-order chi connectivity index (χ1) is 20.6. The number of rotatable bonds is 8. The molecule has 44 heavy (non-hydrogen) atoms. The molecule has 2 aromatic carbocycles. The van der Waals surface area contributed by atoms with Crippen LogP contribution in [0.3, 0.4) is 0 Å². The van der Waals surface area contributed by atoms with Crippen LogP contribution >= 0.6 is 0 Å². The van der Waals surface area contributed by atoms with E-state index >= 15 is 0 Å². The van der Waals surface area contributed by atoms with Crippen molar-refractivity contribution in [2.45, 2.75) is 71.2 Å². The van der Waals surface area contributed by atoms with Crippen LogP contribution in [0.2, 0.25) is 0 Å². The first kappa shape index (κ1) is 32.3. The van der Waals surface area contributed by atoms with Crippen LogP contribution in [0.15, 0.2) is 51.2 Å². The summed E-state index contributed by atoms with van der Waals surface area (Å²) in [4.78, 5) is 37.5. The van der Waals surface area contributed by atoms with Crippen LogP contribution in [-0.4, -0.2) is 64.6 Å².